The molecule has 0 amide bonds. The number of nitrogens with zero attached hydrogens (tertiary/aromatic N) is 2. The van der Waals surface area contributed by atoms with Crippen molar-refractivity contribution in [1.29, 1.82) is 0 Å². The predicted molar refractivity (Wildman–Crippen MR) is 107 cm³/mol. The molecule has 3 aromatic rings. The summed E-state index contributed by atoms with van der Waals surface area (Å²) in [4.78, 5) is 20.1. The van der Waals surface area contributed by atoms with Gasteiger partial charge in [0.25, 0.3) is 0 Å². The summed E-state index contributed by atoms with van der Waals surface area (Å²) < 4.78 is 0. The van der Waals surface area contributed by atoms with Crippen LogP contribution in [0.1, 0.15) is 21.7 Å². The Morgan fingerprint density at radius 1 is 1.07 bits per heavy atom. The van der Waals surface area contributed by atoms with E-state index >= 15 is 0 Å². The lowest BCUT2D eigenvalue weighted by molar-refractivity contribution is 0.0698. The first kappa shape index (κ1) is 18.7. The number of carboxylic acid groups (broad SMARTS) is 1. The normalized spacial score (nSPS) is 10.4. The molecular formula is C20H19ClN4O2. The van der Waals surface area contributed by atoms with Crippen molar-refractivity contribution in [2.45, 2.75) is 13.3 Å². The molecule has 0 unspecified atom stereocenters. The van der Waals surface area contributed by atoms with E-state index < -0.39 is 5.97 Å². The predicted octanol–water partition coefficient (Wildman–Crippen LogP) is 4.53. The summed E-state index contributed by atoms with van der Waals surface area (Å²) in [5, 5.41) is 16.3. The van der Waals surface area contributed by atoms with Gasteiger partial charge in [-0.15, -0.1) is 0 Å². The number of hydrogen-bond donors (Lipinski definition) is 3. The van der Waals surface area contributed by atoms with Crippen LogP contribution in [0.25, 0.3) is 0 Å². The maximum absolute atomic E-state index is 11.4. The summed E-state index contributed by atoms with van der Waals surface area (Å²) >= 11 is 6.00. The monoisotopic (exact) mass is 382 g/mol. The van der Waals surface area contributed by atoms with Crippen molar-refractivity contribution in [1.82, 2.24) is 9.97 Å². The van der Waals surface area contributed by atoms with Gasteiger partial charge in [-0.05, 0) is 43.2 Å². The van der Waals surface area contributed by atoms with Crippen LogP contribution in [0, 0.1) is 6.92 Å². The summed E-state index contributed by atoms with van der Waals surface area (Å²) in [7, 11) is 0. The fourth-order valence-electron chi connectivity index (χ4n) is 2.67. The Bertz CT molecular complexity index is 962. The maximum Gasteiger partial charge on any atom is 0.337 e. The summed E-state index contributed by atoms with van der Waals surface area (Å²) in [6.45, 7) is 2.47. The molecule has 0 spiro atoms. The minimum atomic E-state index is -0.997. The lowest BCUT2D eigenvalue weighted by Gasteiger charge is -2.12. The average Bonchev–Trinajstić information content (AvgIpc) is 2.61. The van der Waals surface area contributed by atoms with Gasteiger partial charge in [0.1, 0.15) is 17.5 Å². The molecule has 0 fully saturated rings. The smallest absolute Gasteiger partial charge is 0.337 e. The second kappa shape index (κ2) is 8.51. The van der Waals surface area contributed by atoms with Gasteiger partial charge in [-0.25, -0.2) is 14.8 Å². The van der Waals surface area contributed by atoms with Crippen LogP contribution in [-0.4, -0.2) is 27.6 Å². The van der Waals surface area contributed by atoms with Crippen LogP contribution < -0.4 is 10.6 Å². The molecule has 0 saturated heterocycles. The summed E-state index contributed by atoms with van der Waals surface area (Å²) in [5.41, 5.74) is 1.80. The highest BCUT2D eigenvalue weighted by molar-refractivity contribution is 6.30. The number of aromatic carboxylic acids is 1. The van der Waals surface area contributed by atoms with E-state index in [4.69, 9.17) is 11.6 Å². The Hall–Kier alpha value is -3.12. The van der Waals surface area contributed by atoms with E-state index in [1.807, 2.05) is 24.3 Å². The van der Waals surface area contributed by atoms with E-state index in [0.29, 0.717) is 34.7 Å². The number of rotatable bonds is 7. The molecule has 138 valence electrons. The number of para-hydroxylation sites is 1. The van der Waals surface area contributed by atoms with Gasteiger partial charge in [0.2, 0.25) is 0 Å². The molecule has 6 nitrogen and oxygen atoms in total. The third-order valence-electron chi connectivity index (χ3n) is 3.87. The number of halogens is 1. The van der Waals surface area contributed by atoms with Crippen molar-refractivity contribution in [3.63, 3.8) is 0 Å². The third-order valence-corrected chi connectivity index (χ3v) is 4.10. The van der Waals surface area contributed by atoms with Crippen molar-refractivity contribution in [2.75, 3.05) is 17.2 Å². The van der Waals surface area contributed by atoms with Gasteiger partial charge in [0, 0.05) is 17.6 Å². The van der Waals surface area contributed by atoms with E-state index in [-0.39, 0.29) is 5.56 Å². The van der Waals surface area contributed by atoms with Crippen LogP contribution in [0.15, 0.2) is 54.6 Å². The summed E-state index contributed by atoms with van der Waals surface area (Å²) in [6, 6.07) is 16.2. The summed E-state index contributed by atoms with van der Waals surface area (Å²) in [6.07, 6.45) is 0.800. The Labute approximate surface area is 162 Å². The van der Waals surface area contributed by atoms with Crippen LogP contribution in [0.2, 0.25) is 5.02 Å². The molecular weight excluding hydrogens is 364 g/mol. The molecule has 3 N–H and O–H groups in total. The SMILES string of the molecule is Cc1nc(NCCc2cccc(Cl)c2)cc(Nc2ccccc2C(=O)O)n1. The van der Waals surface area contributed by atoms with Gasteiger partial charge in [-0.1, -0.05) is 35.9 Å². The Kier molecular flexibility index (Phi) is 5.88. The van der Waals surface area contributed by atoms with Gasteiger partial charge in [-0.2, -0.15) is 0 Å². The van der Waals surface area contributed by atoms with E-state index in [0.717, 1.165) is 12.0 Å². The highest BCUT2D eigenvalue weighted by Gasteiger charge is 2.10. The van der Waals surface area contributed by atoms with Gasteiger partial charge >= 0.3 is 5.97 Å². The maximum atomic E-state index is 11.4. The van der Waals surface area contributed by atoms with Crippen molar-refractivity contribution in [3.05, 3.63) is 76.6 Å². The highest BCUT2D eigenvalue weighted by Crippen LogP contribution is 2.21. The second-order valence-corrected chi connectivity index (χ2v) is 6.40. The van der Waals surface area contributed by atoms with E-state index in [9.17, 15) is 9.90 Å². The lowest BCUT2D eigenvalue weighted by atomic mass is 10.1. The number of aryl methyl sites for hydroxylation is 1. The highest BCUT2D eigenvalue weighted by atomic mass is 35.5. The van der Waals surface area contributed by atoms with Crippen LogP contribution in [0.3, 0.4) is 0 Å². The fourth-order valence-corrected chi connectivity index (χ4v) is 2.88. The molecule has 3 rings (SSSR count). The zero-order valence-corrected chi connectivity index (χ0v) is 15.5. The molecule has 0 radical (unpaired) electrons. The molecule has 1 aromatic heterocycles. The molecule has 0 atom stereocenters. The molecule has 0 aliphatic heterocycles. The number of carbonyl (C=O) groups is 1. The van der Waals surface area contributed by atoms with Crippen LogP contribution in [-0.2, 0) is 6.42 Å². The van der Waals surface area contributed by atoms with E-state index in [1.165, 1.54) is 0 Å². The van der Waals surface area contributed by atoms with Gasteiger partial charge < -0.3 is 15.7 Å². The Balaban J connectivity index is 1.70. The van der Waals surface area contributed by atoms with Crippen LogP contribution in [0.5, 0.6) is 0 Å². The standard InChI is InChI=1S/C20H19ClN4O2/c1-13-23-18(22-10-9-14-5-4-6-15(21)11-14)12-19(24-13)25-17-8-3-2-7-16(17)20(26)27/h2-8,11-12H,9-10H2,1H3,(H,26,27)(H2,22,23,24,25). The number of anilines is 3. The average molecular weight is 383 g/mol. The molecule has 0 saturated carbocycles. The molecule has 0 aliphatic carbocycles. The fraction of sp³-hybridized carbons (Fsp3) is 0.150. The topological polar surface area (TPSA) is 87.1 Å². The van der Waals surface area contributed by atoms with Crippen molar-refractivity contribution < 1.29 is 9.90 Å². The van der Waals surface area contributed by atoms with Crippen LogP contribution >= 0.6 is 11.6 Å². The minimum Gasteiger partial charge on any atom is -0.478 e. The number of benzene rings is 2. The minimum absolute atomic E-state index is 0.184. The van der Waals surface area contributed by atoms with E-state index in [2.05, 4.69) is 20.6 Å². The number of aromatic nitrogens is 2. The zero-order chi connectivity index (χ0) is 19.2. The van der Waals surface area contributed by atoms with Gasteiger partial charge in [0.05, 0.1) is 11.3 Å². The Morgan fingerprint density at radius 3 is 2.63 bits per heavy atom. The first-order chi connectivity index (χ1) is 13.0. The third kappa shape index (κ3) is 5.18. The Morgan fingerprint density at radius 2 is 1.85 bits per heavy atom. The quantitative estimate of drug-likeness (QED) is 0.556. The van der Waals surface area contributed by atoms with E-state index in [1.54, 1.807) is 37.3 Å². The number of hydrogen-bond acceptors (Lipinski definition) is 5. The second-order valence-electron chi connectivity index (χ2n) is 5.97. The van der Waals surface area contributed by atoms with Crippen LogP contribution in [0.4, 0.5) is 17.3 Å². The van der Waals surface area contributed by atoms with Crippen molar-refractivity contribution in [2.24, 2.45) is 0 Å². The number of nitrogens with one attached hydrogen (secondary N) is 2. The first-order valence-electron chi connectivity index (χ1n) is 8.44. The summed E-state index contributed by atoms with van der Waals surface area (Å²) in [5.74, 6) is 0.781. The van der Waals surface area contributed by atoms with Crippen molar-refractivity contribution >= 4 is 34.9 Å². The molecule has 27 heavy (non-hydrogen) atoms. The molecule has 2 aromatic carbocycles. The molecule has 7 heteroatoms. The molecule has 0 bridgehead atoms. The van der Waals surface area contributed by atoms with Gasteiger partial charge in [0.15, 0.2) is 0 Å². The zero-order valence-electron chi connectivity index (χ0n) is 14.7. The first-order valence-corrected chi connectivity index (χ1v) is 8.82. The largest absolute Gasteiger partial charge is 0.478 e. The van der Waals surface area contributed by atoms with Gasteiger partial charge in [-0.3, -0.25) is 0 Å². The number of carboxylic acids is 1. The van der Waals surface area contributed by atoms with Crippen molar-refractivity contribution in [3.8, 4) is 0 Å². The molecule has 0 aliphatic rings. The lowest BCUT2D eigenvalue weighted by Crippen LogP contribution is -2.09. The molecule has 1 heterocycles.